The minimum atomic E-state index is -0.306. The molecule has 0 aliphatic heterocycles. The Labute approximate surface area is 124 Å². The lowest BCUT2D eigenvalue weighted by Crippen LogP contribution is -2.33. The van der Waals surface area contributed by atoms with Gasteiger partial charge in [-0.15, -0.1) is 0 Å². The molecule has 0 aliphatic rings. The molecule has 0 saturated heterocycles. The molecule has 0 unspecified atom stereocenters. The molecule has 4 heteroatoms. The Morgan fingerprint density at radius 2 is 1.81 bits per heavy atom. The van der Waals surface area contributed by atoms with Crippen LogP contribution in [-0.4, -0.2) is 37.0 Å². The van der Waals surface area contributed by atoms with Gasteiger partial charge in [-0.1, -0.05) is 36.4 Å². The maximum Gasteiger partial charge on any atom is 0.307 e. The van der Waals surface area contributed by atoms with Crippen molar-refractivity contribution in [2.75, 3.05) is 20.2 Å². The van der Waals surface area contributed by atoms with E-state index in [0.717, 1.165) is 10.8 Å². The zero-order chi connectivity index (χ0) is 15.2. The summed E-state index contributed by atoms with van der Waals surface area (Å²) >= 11 is 0. The minimum absolute atomic E-state index is 0.0572. The summed E-state index contributed by atoms with van der Waals surface area (Å²) in [6, 6.07) is 13.5. The van der Waals surface area contributed by atoms with E-state index in [9.17, 15) is 9.59 Å². The highest BCUT2D eigenvalue weighted by atomic mass is 16.5. The predicted molar refractivity (Wildman–Crippen MR) is 82.2 cm³/mol. The van der Waals surface area contributed by atoms with Gasteiger partial charge in [-0.25, -0.2) is 0 Å². The Balaban J connectivity index is 2.25. The van der Waals surface area contributed by atoms with Gasteiger partial charge in [0, 0.05) is 18.7 Å². The molecule has 0 spiro atoms. The lowest BCUT2D eigenvalue weighted by atomic mass is 10.0. The highest BCUT2D eigenvalue weighted by molar-refractivity contribution is 6.07. The van der Waals surface area contributed by atoms with E-state index in [-0.39, 0.29) is 18.3 Å². The number of nitrogens with zero attached hydrogens (tertiary/aromatic N) is 1. The second kappa shape index (κ2) is 6.88. The number of methoxy groups -OCH3 is 1. The molecule has 1 amide bonds. The summed E-state index contributed by atoms with van der Waals surface area (Å²) in [6.07, 6.45) is 0.209. The molecule has 0 bridgehead atoms. The Morgan fingerprint density at radius 1 is 1.10 bits per heavy atom. The van der Waals surface area contributed by atoms with Crippen LogP contribution in [0.3, 0.4) is 0 Å². The highest BCUT2D eigenvalue weighted by Crippen LogP contribution is 2.20. The van der Waals surface area contributed by atoms with Gasteiger partial charge in [0.2, 0.25) is 0 Å². The zero-order valence-electron chi connectivity index (χ0n) is 12.3. The SMILES string of the molecule is CCN(CCC(=O)OC)C(=O)c1cccc2ccccc12. The van der Waals surface area contributed by atoms with E-state index in [1.165, 1.54) is 7.11 Å². The average molecular weight is 285 g/mol. The molecule has 0 saturated carbocycles. The maximum absolute atomic E-state index is 12.7. The minimum Gasteiger partial charge on any atom is -0.469 e. The number of rotatable bonds is 5. The Kier molecular flexibility index (Phi) is 4.93. The first-order chi connectivity index (χ1) is 10.2. The number of amides is 1. The Morgan fingerprint density at radius 3 is 2.52 bits per heavy atom. The zero-order valence-corrected chi connectivity index (χ0v) is 12.3. The van der Waals surface area contributed by atoms with Crippen LogP contribution in [0.4, 0.5) is 0 Å². The third-order valence-electron chi connectivity index (χ3n) is 3.50. The number of carbonyl (C=O) groups excluding carboxylic acids is 2. The Hall–Kier alpha value is -2.36. The molecule has 2 rings (SSSR count). The first kappa shape index (κ1) is 15.0. The number of carbonyl (C=O) groups is 2. The highest BCUT2D eigenvalue weighted by Gasteiger charge is 2.17. The van der Waals surface area contributed by atoms with Gasteiger partial charge in [0.1, 0.15) is 0 Å². The van der Waals surface area contributed by atoms with Gasteiger partial charge in [0.05, 0.1) is 13.5 Å². The maximum atomic E-state index is 12.7. The molecule has 0 aromatic heterocycles. The molecule has 4 nitrogen and oxygen atoms in total. The van der Waals surface area contributed by atoms with Crippen LogP contribution in [-0.2, 0) is 9.53 Å². The third kappa shape index (κ3) is 3.40. The van der Waals surface area contributed by atoms with Crippen LogP contribution in [0.5, 0.6) is 0 Å². The summed E-state index contributed by atoms with van der Waals surface area (Å²) < 4.78 is 4.62. The molecule has 2 aromatic carbocycles. The van der Waals surface area contributed by atoms with Crippen LogP contribution in [0, 0.1) is 0 Å². The summed E-state index contributed by atoms with van der Waals surface area (Å²) in [7, 11) is 1.35. The molecule has 0 fully saturated rings. The largest absolute Gasteiger partial charge is 0.469 e. The van der Waals surface area contributed by atoms with Crippen LogP contribution >= 0.6 is 0 Å². The number of ether oxygens (including phenoxy) is 1. The monoisotopic (exact) mass is 285 g/mol. The molecule has 0 aliphatic carbocycles. The van der Waals surface area contributed by atoms with Crippen molar-refractivity contribution in [1.29, 1.82) is 0 Å². The van der Waals surface area contributed by atoms with E-state index in [0.29, 0.717) is 18.7 Å². The average Bonchev–Trinajstić information content (AvgIpc) is 2.54. The van der Waals surface area contributed by atoms with Crippen molar-refractivity contribution in [3.05, 3.63) is 48.0 Å². The van der Waals surface area contributed by atoms with Crippen LogP contribution < -0.4 is 0 Å². The molecule has 21 heavy (non-hydrogen) atoms. The quantitative estimate of drug-likeness (QED) is 0.794. The van der Waals surface area contributed by atoms with E-state index < -0.39 is 0 Å². The third-order valence-corrected chi connectivity index (χ3v) is 3.50. The first-order valence-electron chi connectivity index (χ1n) is 7.01. The van der Waals surface area contributed by atoms with Gasteiger partial charge in [0.15, 0.2) is 0 Å². The second-order valence-electron chi connectivity index (χ2n) is 4.74. The molecule has 0 radical (unpaired) electrons. The first-order valence-corrected chi connectivity index (χ1v) is 7.01. The van der Waals surface area contributed by atoms with Gasteiger partial charge < -0.3 is 9.64 Å². The van der Waals surface area contributed by atoms with Gasteiger partial charge in [-0.2, -0.15) is 0 Å². The van der Waals surface area contributed by atoms with Gasteiger partial charge in [-0.05, 0) is 23.8 Å². The Bertz CT molecular complexity index is 646. The normalized spacial score (nSPS) is 10.4. The number of hydrogen-bond donors (Lipinski definition) is 0. The van der Waals surface area contributed by atoms with E-state index in [2.05, 4.69) is 4.74 Å². The summed E-state index contributed by atoms with van der Waals surface area (Å²) in [4.78, 5) is 25.6. The van der Waals surface area contributed by atoms with Crippen molar-refractivity contribution in [3.63, 3.8) is 0 Å². The fourth-order valence-corrected chi connectivity index (χ4v) is 2.31. The summed E-state index contributed by atoms with van der Waals surface area (Å²) in [6.45, 7) is 2.82. The molecular weight excluding hydrogens is 266 g/mol. The molecule has 0 N–H and O–H groups in total. The number of benzene rings is 2. The second-order valence-corrected chi connectivity index (χ2v) is 4.74. The van der Waals surface area contributed by atoms with Gasteiger partial charge in [-0.3, -0.25) is 9.59 Å². The van der Waals surface area contributed by atoms with E-state index in [4.69, 9.17) is 0 Å². The lowest BCUT2D eigenvalue weighted by Gasteiger charge is -2.21. The van der Waals surface area contributed by atoms with Crippen molar-refractivity contribution in [2.45, 2.75) is 13.3 Å². The fourth-order valence-electron chi connectivity index (χ4n) is 2.31. The number of esters is 1. The molecule has 110 valence electrons. The summed E-state index contributed by atoms with van der Waals surface area (Å²) in [5.41, 5.74) is 0.666. The topological polar surface area (TPSA) is 46.6 Å². The molecule has 0 heterocycles. The number of fused-ring (bicyclic) bond motifs is 1. The van der Waals surface area contributed by atoms with Crippen molar-refractivity contribution < 1.29 is 14.3 Å². The fraction of sp³-hybridized carbons (Fsp3) is 0.294. The van der Waals surface area contributed by atoms with Crippen molar-refractivity contribution in [3.8, 4) is 0 Å². The van der Waals surface area contributed by atoms with Crippen molar-refractivity contribution in [1.82, 2.24) is 4.90 Å². The smallest absolute Gasteiger partial charge is 0.307 e. The van der Waals surface area contributed by atoms with Crippen molar-refractivity contribution in [2.24, 2.45) is 0 Å². The number of hydrogen-bond acceptors (Lipinski definition) is 3. The van der Waals surface area contributed by atoms with E-state index in [1.807, 2.05) is 49.4 Å². The molecular formula is C17H19NO3. The van der Waals surface area contributed by atoms with E-state index in [1.54, 1.807) is 4.90 Å². The lowest BCUT2D eigenvalue weighted by molar-refractivity contribution is -0.140. The standard InChI is InChI=1S/C17H19NO3/c1-3-18(12-11-16(19)21-2)17(20)15-10-6-8-13-7-4-5-9-14(13)15/h4-10H,3,11-12H2,1-2H3. The van der Waals surface area contributed by atoms with Crippen LogP contribution in [0.25, 0.3) is 10.8 Å². The van der Waals surface area contributed by atoms with Crippen molar-refractivity contribution >= 4 is 22.6 Å². The van der Waals surface area contributed by atoms with Gasteiger partial charge in [0.25, 0.3) is 5.91 Å². The van der Waals surface area contributed by atoms with Crippen LogP contribution in [0.15, 0.2) is 42.5 Å². The molecule has 0 atom stereocenters. The van der Waals surface area contributed by atoms with Crippen LogP contribution in [0.1, 0.15) is 23.7 Å². The van der Waals surface area contributed by atoms with Gasteiger partial charge >= 0.3 is 5.97 Å². The summed E-state index contributed by atoms with van der Waals surface area (Å²) in [5, 5.41) is 1.97. The van der Waals surface area contributed by atoms with Crippen LogP contribution in [0.2, 0.25) is 0 Å². The summed E-state index contributed by atoms with van der Waals surface area (Å²) in [5.74, 6) is -0.364. The molecule has 2 aromatic rings. The predicted octanol–water partition coefficient (Wildman–Crippen LogP) is 2.87. The van der Waals surface area contributed by atoms with E-state index >= 15 is 0 Å².